The van der Waals surface area contributed by atoms with E-state index in [1.54, 1.807) is 6.07 Å². The average molecular weight is 340 g/mol. The summed E-state index contributed by atoms with van der Waals surface area (Å²) >= 11 is 0. The van der Waals surface area contributed by atoms with Crippen LogP contribution in [-0.4, -0.2) is 46.0 Å². The smallest absolute Gasteiger partial charge is 0.274 e. The summed E-state index contributed by atoms with van der Waals surface area (Å²) in [6, 6.07) is 10.5. The van der Waals surface area contributed by atoms with Gasteiger partial charge in [-0.25, -0.2) is 0 Å². The molecule has 0 aliphatic carbocycles. The SMILES string of the molecule is NC(=O)c1ccc(C(=O)Nc2cccc(CN3CCC(O)C3)c2)nc1. The number of β-amino-alcohol motifs (C(OH)–C–C–N with tert-alkyl or cyclic N) is 1. The molecule has 1 aliphatic heterocycles. The van der Waals surface area contributed by atoms with Gasteiger partial charge in [0.2, 0.25) is 5.91 Å². The van der Waals surface area contributed by atoms with Crippen molar-refractivity contribution in [3.8, 4) is 0 Å². The van der Waals surface area contributed by atoms with Crippen molar-refractivity contribution in [1.29, 1.82) is 0 Å². The number of benzene rings is 1. The number of amides is 2. The van der Waals surface area contributed by atoms with Crippen molar-refractivity contribution in [2.75, 3.05) is 18.4 Å². The van der Waals surface area contributed by atoms with Crippen LogP contribution < -0.4 is 11.1 Å². The van der Waals surface area contributed by atoms with Gasteiger partial charge in [-0.3, -0.25) is 19.5 Å². The van der Waals surface area contributed by atoms with E-state index >= 15 is 0 Å². The summed E-state index contributed by atoms with van der Waals surface area (Å²) in [7, 11) is 0. The quantitative estimate of drug-likeness (QED) is 0.752. The molecule has 1 aliphatic rings. The van der Waals surface area contributed by atoms with Gasteiger partial charge in [-0.15, -0.1) is 0 Å². The maximum absolute atomic E-state index is 12.3. The summed E-state index contributed by atoms with van der Waals surface area (Å²) in [5, 5.41) is 12.4. The van der Waals surface area contributed by atoms with Crippen molar-refractivity contribution in [2.45, 2.75) is 19.1 Å². The number of hydrogen-bond acceptors (Lipinski definition) is 5. The summed E-state index contributed by atoms with van der Waals surface area (Å²) in [4.78, 5) is 29.4. The maximum Gasteiger partial charge on any atom is 0.274 e. The molecule has 0 spiro atoms. The van der Waals surface area contributed by atoms with Gasteiger partial charge < -0.3 is 16.2 Å². The molecule has 1 unspecified atom stereocenters. The third-order valence-electron chi connectivity index (χ3n) is 4.12. The maximum atomic E-state index is 12.3. The number of rotatable bonds is 5. The third-order valence-corrected chi connectivity index (χ3v) is 4.12. The number of aliphatic hydroxyl groups is 1. The van der Waals surface area contributed by atoms with Crippen molar-refractivity contribution in [2.24, 2.45) is 5.73 Å². The Morgan fingerprint density at radius 3 is 2.80 bits per heavy atom. The van der Waals surface area contributed by atoms with Crippen LogP contribution >= 0.6 is 0 Å². The highest BCUT2D eigenvalue weighted by Gasteiger charge is 2.20. The van der Waals surface area contributed by atoms with Gasteiger partial charge in [-0.2, -0.15) is 0 Å². The number of aliphatic hydroxyl groups excluding tert-OH is 1. The molecule has 2 amide bonds. The minimum atomic E-state index is -0.584. The highest BCUT2D eigenvalue weighted by molar-refractivity contribution is 6.03. The molecule has 7 nitrogen and oxygen atoms in total. The van der Waals surface area contributed by atoms with Gasteiger partial charge in [-0.05, 0) is 36.2 Å². The Hall–Kier alpha value is -2.77. The lowest BCUT2D eigenvalue weighted by Gasteiger charge is -2.15. The van der Waals surface area contributed by atoms with Crippen LogP contribution in [0.1, 0.15) is 32.8 Å². The lowest BCUT2D eigenvalue weighted by atomic mass is 10.2. The molecular weight excluding hydrogens is 320 g/mol. The van der Waals surface area contributed by atoms with Crippen LogP contribution in [0.3, 0.4) is 0 Å². The van der Waals surface area contributed by atoms with E-state index in [-0.39, 0.29) is 23.3 Å². The molecule has 2 aromatic rings. The molecule has 1 atom stereocenters. The first-order chi connectivity index (χ1) is 12.0. The van der Waals surface area contributed by atoms with Crippen LogP contribution in [0, 0.1) is 0 Å². The Morgan fingerprint density at radius 1 is 1.32 bits per heavy atom. The Balaban J connectivity index is 1.65. The molecule has 130 valence electrons. The Bertz CT molecular complexity index is 776. The van der Waals surface area contributed by atoms with Crippen LogP contribution in [0.2, 0.25) is 0 Å². The highest BCUT2D eigenvalue weighted by atomic mass is 16.3. The molecule has 25 heavy (non-hydrogen) atoms. The fourth-order valence-corrected chi connectivity index (χ4v) is 2.83. The number of carbonyl (C=O) groups excluding carboxylic acids is 2. The standard InChI is InChI=1S/C18H20N4O3/c19-17(24)13-4-5-16(20-9-13)18(25)21-14-3-1-2-12(8-14)10-22-7-6-15(23)11-22/h1-5,8-9,15,23H,6-7,10-11H2,(H2,19,24)(H,21,25). The van der Waals surface area contributed by atoms with Gasteiger partial charge in [0.15, 0.2) is 0 Å². The average Bonchev–Trinajstić information content (AvgIpc) is 3.00. The molecule has 4 N–H and O–H groups in total. The lowest BCUT2D eigenvalue weighted by molar-refractivity contribution is 0.0993. The molecule has 1 aromatic heterocycles. The molecule has 1 saturated heterocycles. The summed E-state index contributed by atoms with van der Waals surface area (Å²) < 4.78 is 0. The van der Waals surface area contributed by atoms with E-state index in [1.807, 2.05) is 18.2 Å². The molecule has 3 rings (SSSR count). The van der Waals surface area contributed by atoms with Crippen molar-refractivity contribution < 1.29 is 14.7 Å². The number of aromatic nitrogens is 1. The van der Waals surface area contributed by atoms with Gasteiger partial charge in [0.05, 0.1) is 11.7 Å². The van der Waals surface area contributed by atoms with E-state index in [1.165, 1.54) is 18.3 Å². The largest absolute Gasteiger partial charge is 0.392 e. The number of likely N-dealkylation sites (tertiary alicyclic amines) is 1. The molecular formula is C18H20N4O3. The van der Waals surface area contributed by atoms with Gasteiger partial charge in [0.25, 0.3) is 5.91 Å². The van der Waals surface area contributed by atoms with Crippen LogP contribution in [-0.2, 0) is 6.54 Å². The first kappa shape index (κ1) is 17.1. The zero-order valence-corrected chi connectivity index (χ0v) is 13.7. The normalized spacial score (nSPS) is 17.4. The lowest BCUT2D eigenvalue weighted by Crippen LogP contribution is -2.21. The van der Waals surface area contributed by atoms with Crippen LogP contribution in [0.25, 0.3) is 0 Å². The molecule has 0 saturated carbocycles. The molecule has 7 heteroatoms. The van der Waals surface area contributed by atoms with Gasteiger partial charge >= 0.3 is 0 Å². The summed E-state index contributed by atoms with van der Waals surface area (Å²) in [6.07, 6.45) is 1.83. The number of nitrogens with two attached hydrogens (primary N) is 1. The fraction of sp³-hybridized carbons (Fsp3) is 0.278. The minimum Gasteiger partial charge on any atom is -0.392 e. The van der Waals surface area contributed by atoms with Gasteiger partial charge in [0, 0.05) is 31.5 Å². The van der Waals surface area contributed by atoms with Crippen LogP contribution in [0.4, 0.5) is 5.69 Å². The second-order valence-corrected chi connectivity index (χ2v) is 6.13. The predicted molar refractivity (Wildman–Crippen MR) is 93.1 cm³/mol. The first-order valence-electron chi connectivity index (χ1n) is 8.08. The second kappa shape index (κ2) is 7.42. The number of pyridine rings is 1. The van der Waals surface area contributed by atoms with E-state index < -0.39 is 5.91 Å². The van der Waals surface area contributed by atoms with Crippen molar-refractivity contribution in [3.05, 3.63) is 59.4 Å². The number of nitrogens with zero attached hydrogens (tertiary/aromatic N) is 2. The second-order valence-electron chi connectivity index (χ2n) is 6.13. The predicted octanol–water partition coefficient (Wildman–Crippen LogP) is 0.999. The Kier molecular flexibility index (Phi) is 5.06. The minimum absolute atomic E-state index is 0.207. The summed E-state index contributed by atoms with van der Waals surface area (Å²) in [5.74, 6) is -0.941. The molecule has 0 radical (unpaired) electrons. The molecule has 1 fully saturated rings. The topological polar surface area (TPSA) is 109 Å². The number of anilines is 1. The molecule has 1 aromatic carbocycles. The van der Waals surface area contributed by atoms with E-state index in [0.717, 1.165) is 25.1 Å². The van der Waals surface area contributed by atoms with Gasteiger partial charge in [-0.1, -0.05) is 12.1 Å². The highest BCUT2D eigenvalue weighted by Crippen LogP contribution is 2.17. The Morgan fingerprint density at radius 2 is 2.16 bits per heavy atom. The van der Waals surface area contributed by atoms with Crippen LogP contribution in [0.5, 0.6) is 0 Å². The van der Waals surface area contributed by atoms with E-state index in [2.05, 4.69) is 15.2 Å². The van der Waals surface area contributed by atoms with E-state index in [0.29, 0.717) is 12.2 Å². The number of carbonyl (C=O) groups is 2. The van der Waals surface area contributed by atoms with E-state index in [4.69, 9.17) is 5.73 Å². The third kappa shape index (κ3) is 4.40. The zero-order valence-electron chi connectivity index (χ0n) is 13.7. The number of hydrogen-bond donors (Lipinski definition) is 3. The van der Waals surface area contributed by atoms with Crippen molar-refractivity contribution >= 4 is 17.5 Å². The van der Waals surface area contributed by atoms with Crippen molar-refractivity contribution in [1.82, 2.24) is 9.88 Å². The van der Waals surface area contributed by atoms with Crippen LogP contribution in [0.15, 0.2) is 42.6 Å². The molecule has 2 heterocycles. The Labute approximate surface area is 145 Å². The fourth-order valence-electron chi connectivity index (χ4n) is 2.83. The first-order valence-corrected chi connectivity index (χ1v) is 8.08. The van der Waals surface area contributed by atoms with E-state index in [9.17, 15) is 14.7 Å². The number of primary amides is 1. The summed E-state index contributed by atoms with van der Waals surface area (Å²) in [6.45, 7) is 2.27. The monoisotopic (exact) mass is 340 g/mol. The molecule has 0 bridgehead atoms. The van der Waals surface area contributed by atoms with Crippen molar-refractivity contribution in [3.63, 3.8) is 0 Å². The van der Waals surface area contributed by atoms with Gasteiger partial charge in [0.1, 0.15) is 5.69 Å². The number of nitrogens with one attached hydrogen (secondary N) is 1. The summed E-state index contributed by atoms with van der Waals surface area (Å²) in [5.41, 5.74) is 7.35. The zero-order chi connectivity index (χ0) is 17.8.